The van der Waals surface area contributed by atoms with Crippen LogP contribution in [0.1, 0.15) is 45.5 Å². The van der Waals surface area contributed by atoms with Crippen molar-refractivity contribution in [1.82, 2.24) is 15.2 Å². The Labute approximate surface area is 118 Å². The predicted molar refractivity (Wildman–Crippen MR) is 82.0 cm³/mol. The summed E-state index contributed by atoms with van der Waals surface area (Å²) in [5.74, 6) is 0.761. The zero-order chi connectivity index (χ0) is 14.3. The van der Waals surface area contributed by atoms with Crippen LogP contribution in [0.25, 0.3) is 0 Å². The lowest BCUT2D eigenvalue weighted by Crippen LogP contribution is -2.23. The third-order valence-corrected chi connectivity index (χ3v) is 3.08. The third-order valence-electron chi connectivity index (χ3n) is 3.08. The molecule has 0 amide bonds. The number of pyridine rings is 1. The first-order chi connectivity index (χ1) is 8.97. The highest BCUT2D eigenvalue weighted by atomic mass is 15.1. The smallest absolute Gasteiger partial charge is 0.0547 e. The normalized spacial score (nSPS) is 11.8. The molecule has 1 N–H and O–H groups in total. The molecule has 1 aromatic rings. The summed E-state index contributed by atoms with van der Waals surface area (Å²) in [6.07, 6.45) is 1.24. The van der Waals surface area contributed by atoms with Crippen LogP contribution in [0.5, 0.6) is 0 Å². The first-order valence-corrected chi connectivity index (χ1v) is 7.34. The fourth-order valence-electron chi connectivity index (χ4n) is 1.86. The van der Waals surface area contributed by atoms with Crippen molar-refractivity contribution in [3.8, 4) is 0 Å². The van der Waals surface area contributed by atoms with E-state index in [0.29, 0.717) is 6.04 Å². The highest BCUT2D eigenvalue weighted by molar-refractivity contribution is 5.11. The average Bonchev–Trinajstić information content (AvgIpc) is 2.34. The zero-order valence-corrected chi connectivity index (χ0v) is 13.1. The van der Waals surface area contributed by atoms with Crippen LogP contribution in [-0.2, 0) is 13.1 Å². The van der Waals surface area contributed by atoms with Crippen molar-refractivity contribution in [2.24, 2.45) is 5.92 Å². The highest BCUT2D eigenvalue weighted by Gasteiger charge is 2.04. The molecule has 3 heteroatoms. The van der Waals surface area contributed by atoms with E-state index in [1.165, 1.54) is 6.42 Å². The van der Waals surface area contributed by atoms with E-state index in [1.807, 2.05) is 0 Å². The molecule has 0 saturated carbocycles. The van der Waals surface area contributed by atoms with Gasteiger partial charge in [0.05, 0.1) is 11.4 Å². The summed E-state index contributed by atoms with van der Waals surface area (Å²) < 4.78 is 0. The standard InChI is InChI=1S/C16H29N3/c1-13(2)9-10-19(5)12-16-8-6-7-15(18-16)11-17-14(3)4/h6-8,13-14,17H,9-12H2,1-5H3. The number of rotatable bonds is 8. The summed E-state index contributed by atoms with van der Waals surface area (Å²) >= 11 is 0. The molecule has 1 rings (SSSR count). The van der Waals surface area contributed by atoms with Gasteiger partial charge in [0.1, 0.15) is 0 Å². The summed E-state index contributed by atoms with van der Waals surface area (Å²) in [5, 5.41) is 3.41. The molecule has 19 heavy (non-hydrogen) atoms. The number of nitrogens with one attached hydrogen (secondary N) is 1. The molecule has 0 aliphatic carbocycles. The van der Waals surface area contributed by atoms with E-state index >= 15 is 0 Å². The summed E-state index contributed by atoms with van der Waals surface area (Å²) in [6.45, 7) is 11.8. The maximum atomic E-state index is 4.71. The Morgan fingerprint density at radius 1 is 1.16 bits per heavy atom. The summed E-state index contributed by atoms with van der Waals surface area (Å²) in [7, 11) is 2.17. The van der Waals surface area contributed by atoms with Crippen molar-refractivity contribution in [2.75, 3.05) is 13.6 Å². The minimum atomic E-state index is 0.499. The van der Waals surface area contributed by atoms with E-state index in [1.54, 1.807) is 0 Å². The molecule has 0 spiro atoms. The van der Waals surface area contributed by atoms with Gasteiger partial charge in [-0.1, -0.05) is 33.8 Å². The molecule has 0 bridgehead atoms. The van der Waals surface area contributed by atoms with Crippen molar-refractivity contribution >= 4 is 0 Å². The topological polar surface area (TPSA) is 28.2 Å². The molecular formula is C16H29N3. The van der Waals surface area contributed by atoms with Crippen molar-refractivity contribution in [2.45, 2.75) is 53.2 Å². The highest BCUT2D eigenvalue weighted by Crippen LogP contribution is 2.06. The lowest BCUT2D eigenvalue weighted by molar-refractivity contribution is 0.300. The molecule has 0 unspecified atom stereocenters. The maximum absolute atomic E-state index is 4.71. The van der Waals surface area contributed by atoms with Crippen molar-refractivity contribution < 1.29 is 0 Å². The van der Waals surface area contributed by atoms with Gasteiger partial charge >= 0.3 is 0 Å². The Bertz CT molecular complexity index is 361. The quantitative estimate of drug-likeness (QED) is 0.781. The van der Waals surface area contributed by atoms with Crippen LogP contribution < -0.4 is 5.32 Å². The van der Waals surface area contributed by atoms with Crippen LogP contribution >= 0.6 is 0 Å². The molecule has 0 saturated heterocycles. The zero-order valence-electron chi connectivity index (χ0n) is 13.1. The summed E-state index contributed by atoms with van der Waals surface area (Å²) in [4.78, 5) is 7.06. The van der Waals surface area contributed by atoms with Crippen LogP contribution in [0, 0.1) is 5.92 Å². The van der Waals surface area contributed by atoms with Crippen molar-refractivity contribution in [1.29, 1.82) is 0 Å². The molecule has 0 radical (unpaired) electrons. The van der Waals surface area contributed by atoms with Gasteiger partial charge in [0.25, 0.3) is 0 Å². The van der Waals surface area contributed by atoms with E-state index in [-0.39, 0.29) is 0 Å². The van der Waals surface area contributed by atoms with Gasteiger partial charge in [0.2, 0.25) is 0 Å². The second-order valence-electron chi connectivity index (χ2n) is 6.08. The van der Waals surface area contributed by atoms with Gasteiger partial charge in [-0.3, -0.25) is 4.98 Å². The molecule has 0 atom stereocenters. The fraction of sp³-hybridized carbons (Fsp3) is 0.688. The van der Waals surface area contributed by atoms with E-state index in [4.69, 9.17) is 4.98 Å². The van der Waals surface area contributed by atoms with Gasteiger partial charge in [0.15, 0.2) is 0 Å². The lowest BCUT2D eigenvalue weighted by Gasteiger charge is -2.17. The van der Waals surface area contributed by atoms with Gasteiger partial charge in [0, 0.05) is 19.1 Å². The van der Waals surface area contributed by atoms with Crippen LogP contribution in [0.4, 0.5) is 0 Å². The molecule has 0 aliphatic rings. The molecule has 0 aromatic carbocycles. The number of aromatic nitrogens is 1. The molecule has 1 heterocycles. The monoisotopic (exact) mass is 263 g/mol. The van der Waals surface area contributed by atoms with Gasteiger partial charge in [-0.15, -0.1) is 0 Å². The first-order valence-electron chi connectivity index (χ1n) is 7.34. The van der Waals surface area contributed by atoms with Gasteiger partial charge in [-0.25, -0.2) is 0 Å². The molecule has 3 nitrogen and oxygen atoms in total. The molecular weight excluding hydrogens is 234 g/mol. The van der Waals surface area contributed by atoms with Crippen LogP contribution in [-0.4, -0.2) is 29.5 Å². The second-order valence-corrected chi connectivity index (χ2v) is 6.08. The van der Waals surface area contributed by atoms with E-state index in [9.17, 15) is 0 Å². The lowest BCUT2D eigenvalue weighted by atomic mass is 10.1. The van der Waals surface area contributed by atoms with Crippen LogP contribution in [0.15, 0.2) is 18.2 Å². The van der Waals surface area contributed by atoms with Crippen molar-refractivity contribution in [3.63, 3.8) is 0 Å². The minimum Gasteiger partial charge on any atom is -0.309 e. The Balaban J connectivity index is 2.47. The van der Waals surface area contributed by atoms with Crippen molar-refractivity contribution in [3.05, 3.63) is 29.6 Å². The maximum Gasteiger partial charge on any atom is 0.0547 e. The molecule has 0 fully saturated rings. The Morgan fingerprint density at radius 2 is 1.84 bits per heavy atom. The first kappa shape index (κ1) is 16.1. The molecule has 1 aromatic heterocycles. The Hall–Kier alpha value is -0.930. The average molecular weight is 263 g/mol. The third kappa shape index (κ3) is 7.28. The summed E-state index contributed by atoms with van der Waals surface area (Å²) in [5.41, 5.74) is 2.29. The Morgan fingerprint density at radius 3 is 2.47 bits per heavy atom. The predicted octanol–water partition coefficient (Wildman–Crippen LogP) is 3.06. The number of hydrogen-bond donors (Lipinski definition) is 1. The number of hydrogen-bond acceptors (Lipinski definition) is 3. The fourth-order valence-corrected chi connectivity index (χ4v) is 1.86. The van der Waals surface area contributed by atoms with Gasteiger partial charge in [-0.05, 0) is 38.1 Å². The van der Waals surface area contributed by atoms with Crippen LogP contribution in [0.2, 0.25) is 0 Å². The van der Waals surface area contributed by atoms with Gasteiger partial charge in [-0.2, -0.15) is 0 Å². The van der Waals surface area contributed by atoms with E-state index < -0.39 is 0 Å². The van der Waals surface area contributed by atoms with E-state index in [2.05, 4.69) is 63.2 Å². The largest absolute Gasteiger partial charge is 0.309 e. The molecule has 108 valence electrons. The Kier molecular flexibility index (Phi) is 7.03. The second kappa shape index (κ2) is 8.28. The minimum absolute atomic E-state index is 0.499. The van der Waals surface area contributed by atoms with Gasteiger partial charge < -0.3 is 10.2 Å². The molecule has 0 aliphatic heterocycles. The summed E-state index contributed by atoms with van der Waals surface area (Å²) in [6, 6.07) is 6.81. The van der Waals surface area contributed by atoms with E-state index in [0.717, 1.165) is 36.9 Å². The van der Waals surface area contributed by atoms with Crippen LogP contribution in [0.3, 0.4) is 0 Å². The SMILES string of the molecule is CC(C)CCN(C)Cc1cccc(CNC(C)C)n1. The number of nitrogens with zero attached hydrogens (tertiary/aromatic N) is 2.